The van der Waals surface area contributed by atoms with Crippen LogP contribution in [0.15, 0.2) is 54.9 Å². The summed E-state index contributed by atoms with van der Waals surface area (Å²) in [5, 5.41) is 3.36. The molecule has 6 heteroatoms. The molecule has 0 atom stereocenters. The Balaban J connectivity index is 2.03. The predicted octanol–water partition coefficient (Wildman–Crippen LogP) is 4.94. The van der Waals surface area contributed by atoms with Gasteiger partial charge in [-0.05, 0) is 31.0 Å². The Morgan fingerprint density at radius 2 is 1.81 bits per heavy atom. The van der Waals surface area contributed by atoms with Crippen LogP contribution in [0.1, 0.15) is 38.9 Å². The molecule has 2 aromatic heterocycles. The Hall–Kier alpha value is -2.99. The SMILES string of the molecule is CCCOC(=O)c1c(NC(=O)c2ccncc2)sc(C)c1-c1ccccc1. The van der Waals surface area contributed by atoms with E-state index in [2.05, 4.69) is 10.3 Å². The Kier molecular flexibility index (Phi) is 5.98. The van der Waals surface area contributed by atoms with E-state index in [-0.39, 0.29) is 5.91 Å². The lowest BCUT2D eigenvalue weighted by atomic mass is 10.0. The molecule has 1 N–H and O–H groups in total. The number of thiophene rings is 1. The second-order valence-corrected chi connectivity index (χ2v) is 7.15. The fourth-order valence-electron chi connectivity index (χ4n) is 2.73. The van der Waals surface area contributed by atoms with Crippen LogP contribution in [0.2, 0.25) is 0 Å². The highest BCUT2D eigenvalue weighted by Crippen LogP contribution is 2.40. The van der Waals surface area contributed by atoms with Crippen LogP contribution in [0, 0.1) is 6.92 Å². The maximum atomic E-state index is 12.8. The zero-order valence-electron chi connectivity index (χ0n) is 15.2. The maximum absolute atomic E-state index is 12.8. The molecule has 138 valence electrons. The van der Waals surface area contributed by atoms with Gasteiger partial charge in [-0.15, -0.1) is 11.3 Å². The van der Waals surface area contributed by atoms with E-state index in [1.54, 1.807) is 24.5 Å². The van der Waals surface area contributed by atoms with Crippen molar-refractivity contribution in [1.29, 1.82) is 0 Å². The molecular formula is C21H20N2O3S. The Morgan fingerprint density at radius 1 is 1.11 bits per heavy atom. The summed E-state index contributed by atoms with van der Waals surface area (Å²) in [6, 6.07) is 12.9. The zero-order valence-corrected chi connectivity index (χ0v) is 16.0. The fraction of sp³-hybridized carbons (Fsp3) is 0.190. The van der Waals surface area contributed by atoms with Crippen molar-refractivity contribution in [3.8, 4) is 11.1 Å². The van der Waals surface area contributed by atoms with Gasteiger partial charge >= 0.3 is 5.97 Å². The molecule has 0 aliphatic carbocycles. The zero-order chi connectivity index (χ0) is 19.2. The number of aromatic nitrogens is 1. The minimum Gasteiger partial charge on any atom is -0.462 e. The highest BCUT2D eigenvalue weighted by atomic mass is 32.1. The van der Waals surface area contributed by atoms with Gasteiger partial charge in [-0.25, -0.2) is 4.79 Å². The fourth-order valence-corrected chi connectivity index (χ4v) is 3.78. The molecule has 27 heavy (non-hydrogen) atoms. The van der Waals surface area contributed by atoms with Crippen LogP contribution in [0.25, 0.3) is 11.1 Å². The molecule has 0 spiro atoms. The van der Waals surface area contributed by atoms with Gasteiger partial charge in [0.1, 0.15) is 10.6 Å². The van der Waals surface area contributed by atoms with Crippen LogP contribution in [-0.2, 0) is 4.74 Å². The van der Waals surface area contributed by atoms with Gasteiger partial charge in [0.05, 0.1) is 6.61 Å². The number of carbonyl (C=O) groups is 2. The lowest BCUT2D eigenvalue weighted by Crippen LogP contribution is -2.15. The molecule has 0 fully saturated rings. The van der Waals surface area contributed by atoms with Crippen LogP contribution in [0.5, 0.6) is 0 Å². The van der Waals surface area contributed by atoms with E-state index in [0.717, 1.165) is 22.4 Å². The third-order valence-electron chi connectivity index (χ3n) is 3.96. The second-order valence-electron chi connectivity index (χ2n) is 5.93. The van der Waals surface area contributed by atoms with E-state index in [1.807, 2.05) is 44.2 Å². The Bertz CT molecular complexity index is 937. The summed E-state index contributed by atoms with van der Waals surface area (Å²) in [5.41, 5.74) is 2.59. The van der Waals surface area contributed by atoms with Gasteiger partial charge in [0.15, 0.2) is 0 Å². The average molecular weight is 380 g/mol. The monoisotopic (exact) mass is 380 g/mol. The number of benzene rings is 1. The van der Waals surface area contributed by atoms with Crippen molar-refractivity contribution in [2.45, 2.75) is 20.3 Å². The van der Waals surface area contributed by atoms with Gasteiger partial charge in [0.2, 0.25) is 0 Å². The summed E-state index contributed by atoms with van der Waals surface area (Å²) in [4.78, 5) is 30.2. The van der Waals surface area contributed by atoms with E-state index in [0.29, 0.717) is 22.7 Å². The number of rotatable bonds is 6. The number of carbonyl (C=O) groups excluding carboxylic acids is 2. The smallest absolute Gasteiger partial charge is 0.341 e. The molecule has 0 aliphatic heterocycles. The molecule has 0 bridgehead atoms. The number of hydrogen-bond donors (Lipinski definition) is 1. The Labute approximate surface area is 162 Å². The van der Waals surface area contributed by atoms with Crippen LogP contribution >= 0.6 is 11.3 Å². The van der Waals surface area contributed by atoms with Crippen LogP contribution < -0.4 is 5.32 Å². The van der Waals surface area contributed by atoms with E-state index < -0.39 is 5.97 Å². The molecule has 3 rings (SSSR count). The summed E-state index contributed by atoms with van der Waals surface area (Å²) in [7, 11) is 0. The second kappa shape index (κ2) is 8.60. The number of esters is 1. The van der Waals surface area contributed by atoms with Gasteiger partial charge in [-0.1, -0.05) is 37.3 Å². The first-order chi connectivity index (χ1) is 13.1. The first-order valence-electron chi connectivity index (χ1n) is 8.69. The van der Waals surface area contributed by atoms with Crippen molar-refractivity contribution in [3.63, 3.8) is 0 Å². The maximum Gasteiger partial charge on any atom is 0.341 e. The number of anilines is 1. The first-order valence-corrected chi connectivity index (χ1v) is 9.50. The molecule has 2 heterocycles. The minimum atomic E-state index is -0.426. The van der Waals surface area contributed by atoms with Crippen molar-refractivity contribution in [2.24, 2.45) is 0 Å². The minimum absolute atomic E-state index is 0.289. The lowest BCUT2D eigenvalue weighted by molar-refractivity contribution is 0.0507. The summed E-state index contributed by atoms with van der Waals surface area (Å²) in [6.07, 6.45) is 3.84. The number of aryl methyl sites for hydroxylation is 1. The number of hydrogen-bond acceptors (Lipinski definition) is 5. The van der Waals surface area contributed by atoms with Crippen LogP contribution in [-0.4, -0.2) is 23.5 Å². The summed E-state index contributed by atoms with van der Waals surface area (Å²) in [5.74, 6) is -0.715. The molecule has 0 radical (unpaired) electrons. The Morgan fingerprint density at radius 3 is 2.48 bits per heavy atom. The molecule has 1 amide bonds. The van der Waals surface area contributed by atoms with E-state index in [1.165, 1.54) is 11.3 Å². The highest BCUT2D eigenvalue weighted by molar-refractivity contribution is 7.17. The van der Waals surface area contributed by atoms with Gasteiger partial charge in [-0.2, -0.15) is 0 Å². The average Bonchev–Trinajstić information content (AvgIpc) is 3.03. The van der Waals surface area contributed by atoms with Crippen LogP contribution in [0.4, 0.5) is 5.00 Å². The van der Waals surface area contributed by atoms with E-state index in [9.17, 15) is 9.59 Å². The highest BCUT2D eigenvalue weighted by Gasteiger charge is 2.25. The van der Waals surface area contributed by atoms with Gasteiger partial charge in [0.25, 0.3) is 5.91 Å². The number of pyridine rings is 1. The molecular weight excluding hydrogens is 360 g/mol. The third-order valence-corrected chi connectivity index (χ3v) is 4.98. The quantitative estimate of drug-likeness (QED) is 0.615. The van der Waals surface area contributed by atoms with Crippen molar-refractivity contribution in [2.75, 3.05) is 11.9 Å². The summed E-state index contributed by atoms with van der Waals surface area (Å²) in [6.45, 7) is 4.21. The first kappa shape index (κ1) is 18.8. The molecule has 0 unspecified atom stereocenters. The number of amides is 1. The summed E-state index contributed by atoms with van der Waals surface area (Å²) < 4.78 is 5.39. The largest absolute Gasteiger partial charge is 0.462 e. The molecule has 0 saturated heterocycles. The van der Waals surface area contributed by atoms with Gasteiger partial charge < -0.3 is 10.1 Å². The van der Waals surface area contributed by atoms with E-state index in [4.69, 9.17) is 4.74 Å². The van der Waals surface area contributed by atoms with Crippen molar-refractivity contribution < 1.29 is 14.3 Å². The molecule has 3 aromatic rings. The number of nitrogens with one attached hydrogen (secondary N) is 1. The van der Waals surface area contributed by atoms with Crippen molar-refractivity contribution >= 4 is 28.2 Å². The number of ether oxygens (including phenoxy) is 1. The van der Waals surface area contributed by atoms with Gasteiger partial charge in [0, 0.05) is 28.4 Å². The third kappa shape index (κ3) is 4.23. The standard InChI is InChI=1S/C21H20N2O3S/c1-3-13-26-21(25)18-17(15-7-5-4-6-8-15)14(2)27-20(18)23-19(24)16-9-11-22-12-10-16/h4-12H,3,13H2,1-2H3,(H,23,24). The molecule has 5 nitrogen and oxygen atoms in total. The van der Waals surface area contributed by atoms with E-state index >= 15 is 0 Å². The topological polar surface area (TPSA) is 68.3 Å². The van der Waals surface area contributed by atoms with Gasteiger partial charge in [-0.3, -0.25) is 9.78 Å². The molecule has 0 saturated carbocycles. The predicted molar refractivity (Wildman–Crippen MR) is 107 cm³/mol. The lowest BCUT2D eigenvalue weighted by Gasteiger charge is -2.09. The number of nitrogens with zero attached hydrogens (tertiary/aromatic N) is 1. The van der Waals surface area contributed by atoms with Crippen LogP contribution in [0.3, 0.4) is 0 Å². The normalized spacial score (nSPS) is 10.4. The molecule has 0 aliphatic rings. The van der Waals surface area contributed by atoms with Crippen molar-refractivity contribution in [3.05, 3.63) is 70.9 Å². The molecule has 1 aromatic carbocycles. The summed E-state index contributed by atoms with van der Waals surface area (Å²) >= 11 is 1.37. The van der Waals surface area contributed by atoms with Crippen molar-refractivity contribution in [1.82, 2.24) is 4.98 Å².